The van der Waals surface area contributed by atoms with Crippen molar-refractivity contribution in [1.29, 1.82) is 0 Å². The van der Waals surface area contributed by atoms with E-state index in [1.807, 2.05) is 30.3 Å². The first-order valence-electron chi connectivity index (χ1n) is 8.87. The summed E-state index contributed by atoms with van der Waals surface area (Å²) in [5, 5.41) is 14.5. The lowest BCUT2D eigenvalue weighted by Crippen LogP contribution is -2.60. The summed E-state index contributed by atoms with van der Waals surface area (Å²) in [4.78, 5) is 36.3. The number of nitrogens with one attached hydrogen (secondary N) is 2. The Balaban J connectivity index is 2.00. The Bertz CT molecular complexity index is 639. The molecule has 0 bridgehead atoms. The van der Waals surface area contributed by atoms with E-state index in [1.54, 1.807) is 13.8 Å². The average Bonchev–Trinajstić information content (AvgIpc) is 3.07. The van der Waals surface area contributed by atoms with Crippen molar-refractivity contribution in [2.75, 3.05) is 0 Å². The Kier molecular flexibility index (Phi) is 6.60. The van der Waals surface area contributed by atoms with Crippen molar-refractivity contribution in [3.8, 4) is 0 Å². The maximum Gasteiger partial charge on any atom is 0.408 e. The molecule has 7 nitrogen and oxygen atoms in total. The first-order chi connectivity index (χ1) is 12.3. The molecule has 7 heteroatoms. The Morgan fingerprint density at radius 1 is 1.15 bits per heavy atom. The van der Waals surface area contributed by atoms with Crippen LogP contribution in [0.1, 0.15) is 45.1 Å². The van der Waals surface area contributed by atoms with Crippen molar-refractivity contribution < 1.29 is 24.2 Å². The predicted molar refractivity (Wildman–Crippen MR) is 95.4 cm³/mol. The van der Waals surface area contributed by atoms with Crippen LogP contribution in [0.5, 0.6) is 0 Å². The number of carbonyl (C=O) groups is 3. The minimum atomic E-state index is -1.11. The standard InChI is InChI=1S/C19H26N2O5/c1-13(2)15(16(22)23)20-17(24)19(10-6-7-11-19)21-18(25)26-12-14-8-4-3-5-9-14/h3-5,8-9,13,15H,6-7,10-12H2,1-2H3,(H,20,24)(H,21,25)(H,22,23)/t15-/m0/s1. The van der Waals surface area contributed by atoms with Crippen LogP contribution in [-0.2, 0) is 20.9 Å². The number of amides is 2. The molecule has 0 heterocycles. The molecule has 0 aromatic heterocycles. The number of hydrogen-bond donors (Lipinski definition) is 3. The van der Waals surface area contributed by atoms with Crippen molar-refractivity contribution in [2.45, 2.75) is 57.7 Å². The molecule has 1 aromatic rings. The second-order valence-electron chi connectivity index (χ2n) is 7.01. The van der Waals surface area contributed by atoms with Gasteiger partial charge in [-0.2, -0.15) is 0 Å². The lowest BCUT2D eigenvalue weighted by Gasteiger charge is -2.30. The molecule has 26 heavy (non-hydrogen) atoms. The van der Waals surface area contributed by atoms with Gasteiger partial charge in [-0.05, 0) is 24.3 Å². The first kappa shape index (κ1) is 19.8. The maximum atomic E-state index is 12.8. The van der Waals surface area contributed by atoms with Gasteiger partial charge in [0, 0.05) is 0 Å². The van der Waals surface area contributed by atoms with Gasteiger partial charge in [0.2, 0.25) is 5.91 Å². The number of rotatable bonds is 7. The molecule has 1 aliphatic rings. The van der Waals surface area contributed by atoms with Crippen LogP contribution in [0.3, 0.4) is 0 Å². The summed E-state index contributed by atoms with van der Waals surface area (Å²) in [7, 11) is 0. The SMILES string of the molecule is CC(C)[C@H](NC(=O)C1(NC(=O)OCc2ccccc2)CCCC1)C(=O)O. The van der Waals surface area contributed by atoms with Gasteiger partial charge in [0.15, 0.2) is 0 Å². The molecule has 1 aromatic carbocycles. The highest BCUT2D eigenvalue weighted by atomic mass is 16.5. The third-order valence-electron chi connectivity index (χ3n) is 4.67. The zero-order valence-corrected chi connectivity index (χ0v) is 15.2. The van der Waals surface area contributed by atoms with Gasteiger partial charge in [0.25, 0.3) is 0 Å². The van der Waals surface area contributed by atoms with Crippen molar-refractivity contribution in [1.82, 2.24) is 10.6 Å². The summed E-state index contributed by atoms with van der Waals surface area (Å²) >= 11 is 0. The third-order valence-corrected chi connectivity index (χ3v) is 4.67. The molecular weight excluding hydrogens is 336 g/mol. The number of alkyl carbamates (subject to hydrolysis) is 1. The predicted octanol–water partition coefficient (Wildman–Crippen LogP) is 2.45. The summed E-state index contributed by atoms with van der Waals surface area (Å²) < 4.78 is 5.22. The number of ether oxygens (including phenoxy) is 1. The van der Waals surface area contributed by atoms with E-state index in [0.29, 0.717) is 12.8 Å². The van der Waals surface area contributed by atoms with Crippen LogP contribution >= 0.6 is 0 Å². The van der Waals surface area contributed by atoms with Gasteiger partial charge in [-0.3, -0.25) is 4.79 Å². The molecule has 142 valence electrons. The molecule has 0 spiro atoms. The number of hydrogen-bond acceptors (Lipinski definition) is 4. The van der Waals surface area contributed by atoms with Crippen LogP contribution in [0.25, 0.3) is 0 Å². The largest absolute Gasteiger partial charge is 0.480 e. The van der Waals surface area contributed by atoms with Crippen LogP contribution in [0, 0.1) is 5.92 Å². The molecule has 1 atom stereocenters. The third kappa shape index (κ3) is 4.97. The van der Waals surface area contributed by atoms with Crippen LogP contribution < -0.4 is 10.6 Å². The fourth-order valence-electron chi connectivity index (χ4n) is 3.13. The molecule has 0 unspecified atom stereocenters. The number of carboxylic acids is 1. The van der Waals surface area contributed by atoms with Crippen LogP contribution in [0.2, 0.25) is 0 Å². The normalized spacial score (nSPS) is 16.7. The quantitative estimate of drug-likeness (QED) is 0.691. The van der Waals surface area contributed by atoms with Crippen molar-refractivity contribution in [2.24, 2.45) is 5.92 Å². The van der Waals surface area contributed by atoms with E-state index < -0.39 is 29.6 Å². The minimum absolute atomic E-state index is 0.105. The molecule has 2 rings (SSSR count). The molecule has 0 radical (unpaired) electrons. The highest BCUT2D eigenvalue weighted by molar-refractivity contribution is 5.93. The van der Waals surface area contributed by atoms with E-state index in [2.05, 4.69) is 10.6 Å². The van der Waals surface area contributed by atoms with Gasteiger partial charge < -0.3 is 20.5 Å². The van der Waals surface area contributed by atoms with E-state index in [9.17, 15) is 19.5 Å². The van der Waals surface area contributed by atoms with Gasteiger partial charge in [-0.15, -0.1) is 0 Å². The Morgan fingerprint density at radius 2 is 1.77 bits per heavy atom. The molecule has 3 N–H and O–H groups in total. The van der Waals surface area contributed by atoms with Gasteiger partial charge in [0.1, 0.15) is 18.2 Å². The Morgan fingerprint density at radius 3 is 2.31 bits per heavy atom. The monoisotopic (exact) mass is 362 g/mol. The maximum absolute atomic E-state index is 12.8. The second-order valence-corrected chi connectivity index (χ2v) is 7.01. The van der Waals surface area contributed by atoms with Crippen molar-refractivity contribution in [3.63, 3.8) is 0 Å². The second kappa shape index (κ2) is 8.69. The van der Waals surface area contributed by atoms with E-state index in [1.165, 1.54) is 0 Å². The van der Waals surface area contributed by atoms with Gasteiger partial charge >= 0.3 is 12.1 Å². The molecule has 2 amide bonds. The van der Waals surface area contributed by atoms with Crippen LogP contribution in [-0.4, -0.2) is 34.7 Å². The molecule has 1 fully saturated rings. The van der Waals surface area contributed by atoms with Crippen molar-refractivity contribution in [3.05, 3.63) is 35.9 Å². The van der Waals surface area contributed by atoms with Crippen molar-refractivity contribution >= 4 is 18.0 Å². The zero-order chi connectivity index (χ0) is 19.2. The number of aliphatic carboxylic acids is 1. The molecular formula is C19H26N2O5. The summed E-state index contributed by atoms with van der Waals surface area (Å²) in [6.07, 6.45) is 1.81. The molecule has 1 saturated carbocycles. The summed E-state index contributed by atoms with van der Waals surface area (Å²) in [5.41, 5.74) is -0.269. The van der Waals surface area contributed by atoms with Crippen LogP contribution in [0.15, 0.2) is 30.3 Å². The first-order valence-corrected chi connectivity index (χ1v) is 8.87. The fourth-order valence-corrected chi connectivity index (χ4v) is 3.13. The number of carbonyl (C=O) groups excluding carboxylic acids is 2. The van der Waals surface area contributed by atoms with Gasteiger partial charge in [0.05, 0.1) is 0 Å². The van der Waals surface area contributed by atoms with E-state index in [4.69, 9.17) is 4.74 Å². The summed E-state index contributed by atoms with van der Waals surface area (Å²) in [5.74, 6) is -1.82. The Labute approximate surface area is 153 Å². The van der Waals surface area contributed by atoms with E-state index in [0.717, 1.165) is 18.4 Å². The minimum Gasteiger partial charge on any atom is -0.480 e. The fraction of sp³-hybridized carbons (Fsp3) is 0.526. The Hall–Kier alpha value is -2.57. The summed E-state index contributed by atoms with van der Waals surface area (Å²) in [6.45, 7) is 3.55. The lowest BCUT2D eigenvalue weighted by molar-refractivity contribution is -0.144. The zero-order valence-electron chi connectivity index (χ0n) is 15.2. The average molecular weight is 362 g/mol. The highest BCUT2D eigenvalue weighted by Crippen LogP contribution is 2.30. The van der Waals surface area contributed by atoms with Crippen LogP contribution in [0.4, 0.5) is 4.79 Å². The summed E-state index contributed by atoms with van der Waals surface area (Å²) in [6, 6.07) is 8.24. The highest BCUT2D eigenvalue weighted by Gasteiger charge is 2.44. The molecule has 1 aliphatic carbocycles. The van der Waals surface area contributed by atoms with Gasteiger partial charge in [-0.1, -0.05) is 57.0 Å². The topological polar surface area (TPSA) is 105 Å². The van der Waals surface area contributed by atoms with E-state index in [-0.39, 0.29) is 12.5 Å². The molecule has 0 aliphatic heterocycles. The molecule has 0 saturated heterocycles. The number of carboxylic acid groups (broad SMARTS) is 1. The lowest BCUT2D eigenvalue weighted by atomic mass is 9.94. The smallest absolute Gasteiger partial charge is 0.408 e. The number of benzene rings is 1. The van der Waals surface area contributed by atoms with Gasteiger partial charge in [-0.25, -0.2) is 9.59 Å². The van der Waals surface area contributed by atoms with E-state index >= 15 is 0 Å².